The number of nitrogens with one attached hydrogen (secondary N) is 2. The molecule has 0 saturated heterocycles. The van der Waals surface area contributed by atoms with Crippen LogP contribution in [0, 0.1) is 0 Å². The predicted molar refractivity (Wildman–Crippen MR) is 81.9 cm³/mol. The van der Waals surface area contributed by atoms with E-state index in [0.717, 1.165) is 0 Å². The highest BCUT2D eigenvalue weighted by Crippen LogP contribution is 2.18. The second kappa shape index (κ2) is 9.33. The van der Waals surface area contributed by atoms with E-state index >= 15 is 0 Å². The van der Waals surface area contributed by atoms with E-state index in [0.29, 0.717) is 18.5 Å². The van der Waals surface area contributed by atoms with Gasteiger partial charge in [-0.05, 0) is 13.3 Å². The third-order valence-electron chi connectivity index (χ3n) is 2.64. The van der Waals surface area contributed by atoms with Gasteiger partial charge in [-0.25, -0.2) is 9.59 Å². The third-order valence-corrected chi connectivity index (χ3v) is 2.64. The number of ether oxygens (including phenoxy) is 1. The summed E-state index contributed by atoms with van der Waals surface area (Å²) in [6.45, 7) is 3.99. The number of esters is 1. The highest BCUT2D eigenvalue weighted by Gasteiger charge is 2.25. The number of amides is 3. The summed E-state index contributed by atoms with van der Waals surface area (Å²) in [5.74, 6) is -1.34. The van der Waals surface area contributed by atoms with Gasteiger partial charge in [0.15, 0.2) is 0 Å². The number of urea groups is 1. The van der Waals surface area contributed by atoms with E-state index in [1.165, 1.54) is 6.08 Å². The smallest absolute Gasteiger partial charge is 0.331 e. The quantitative estimate of drug-likeness (QED) is 0.622. The molecule has 1 rings (SSSR count). The summed E-state index contributed by atoms with van der Waals surface area (Å²) in [4.78, 5) is 35.3. The number of carbonyl (C=O) groups is 3. The Hall–Kier alpha value is -2.63. The fraction of sp³-hybridized carbons (Fsp3) is 0.312. The van der Waals surface area contributed by atoms with Crippen LogP contribution in [0.3, 0.4) is 0 Å². The fourth-order valence-corrected chi connectivity index (χ4v) is 1.65. The standard InChI is InChI=1S/C16H20N2O4/c1-3-5-11-13(19)22-14(12-9-7-6-8-10-12)15(20)18-16(21)17-4-2/h5-11,14H,3-4H2,1-2H3,(H2,17,18,20,21)/b11-5+/t14-/m0/s1. The van der Waals surface area contributed by atoms with Crippen LogP contribution in [0.2, 0.25) is 0 Å². The number of carbonyl (C=O) groups excluding carboxylic acids is 3. The molecule has 22 heavy (non-hydrogen) atoms. The largest absolute Gasteiger partial charge is 0.444 e. The van der Waals surface area contributed by atoms with E-state index in [2.05, 4.69) is 10.6 Å². The second-order valence-electron chi connectivity index (χ2n) is 4.39. The lowest BCUT2D eigenvalue weighted by molar-refractivity contribution is -0.151. The van der Waals surface area contributed by atoms with Gasteiger partial charge in [0.05, 0.1) is 0 Å². The molecule has 1 atom stereocenters. The Morgan fingerprint density at radius 3 is 2.45 bits per heavy atom. The average molecular weight is 304 g/mol. The van der Waals surface area contributed by atoms with E-state index in [4.69, 9.17) is 4.74 Å². The molecule has 6 nitrogen and oxygen atoms in total. The van der Waals surface area contributed by atoms with Crippen LogP contribution in [0.1, 0.15) is 31.9 Å². The van der Waals surface area contributed by atoms with Crippen LogP contribution in [0.5, 0.6) is 0 Å². The van der Waals surface area contributed by atoms with E-state index < -0.39 is 24.0 Å². The molecule has 0 heterocycles. The summed E-state index contributed by atoms with van der Waals surface area (Å²) < 4.78 is 5.16. The maximum Gasteiger partial charge on any atom is 0.331 e. The maximum absolute atomic E-state index is 12.2. The molecule has 0 aliphatic rings. The van der Waals surface area contributed by atoms with Crippen LogP contribution in [-0.4, -0.2) is 24.5 Å². The molecule has 1 aromatic carbocycles. The number of hydrogen-bond acceptors (Lipinski definition) is 4. The maximum atomic E-state index is 12.2. The van der Waals surface area contributed by atoms with Gasteiger partial charge in [-0.15, -0.1) is 0 Å². The van der Waals surface area contributed by atoms with Crippen molar-refractivity contribution in [1.29, 1.82) is 0 Å². The first-order valence-electron chi connectivity index (χ1n) is 7.09. The van der Waals surface area contributed by atoms with Gasteiger partial charge < -0.3 is 10.1 Å². The lowest BCUT2D eigenvalue weighted by Crippen LogP contribution is -2.42. The molecular weight excluding hydrogens is 284 g/mol. The average Bonchev–Trinajstić information content (AvgIpc) is 2.51. The zero-order valence-electron chi connectivity index (χ0n) is 12.7. The molecule has 6 heteroatoms. The summed E-state index contributed by atoms with van der Waals surface area (Å²) in [6, 6.07) is 7.89. The van der Waals surface area contributed by atoms with Crippen LogP contribution >= 0.6 is 0 Å². The van der Waals surface area contributed by atoms with Gasteiger partial charge >= 0.3 is 12.0 Å². The summed E-state index contributed by atoms with van der Waals surface area (Å²) in [5.41, 5.74) is 0.488. The Balaban J connectivity index is 2.87. The fourth-order valence-electron chi connectivity index (χ4n) is 1.65. The van der Waals surface area contributed by atoms with Crippen molar-refractivity contribution in [3.63, 3.8) is 0 Å². The molecule has 0 aliphatic carbocycles. The number of hydrogen-bond donors (Lipinski definition) is 2. The van der Waals surface area contributed by atoms with Gasteiger partial charge in [-0.3, -0.25) is 10.1 Å². The van der Waals surface area contributed by atoms with E-state index in [1.807, 2.05) is 6.92 Å². The Bertz CT molecular complexity index is 540. The van der Waals surface area contributed by atoms with Gasteiger partial charge in [0, 0.05) is 18.2 Å². The molecular formula is C16H20N2O4. The van der Waals surface area contributed by atoms with Crippen LogP contribution < -0.4 is 10.6 Å². The number of imide groups is 1. The highest BCUT2D eigenvalue weighted by atomic mass is 16.5. The van der Waals surface area contributed by atoms with Gasteiger partial charge in [0.2, 0.25) is 6.10 Å². The van der Waals surface area contributed by atoms with E-state index in [1.54, 1.807) is 43.3 Å². The molecule has 0 saturated carbocycles. The minimum Gasteiger partial charge on any atom is -0.444 e. The molecule has 2 N–H and O–H groups in total. The van der Waals surface area contributed by atoms with Crippen molar-refractivity contribution in [2.45, 2.75) is 26.4 Å². The molecule has 0 aromatic heterocycles. The van der Waals surface area contributed by atoms with Crippen LogP contribution in [0.25, 0.3) is 0 Å². The first-order chi connectivity index (χ1) is 10.6. The lowest BCUT2D eigenvalue weighted by atomic mass is 10.1. The summed E-state index contributed by atoms with van der Waals surface area (Å²) in [7, 11) is 0. The molecule has 0 radical (unpaired) electrons. The predicted octanol–water partition coefficient (Wildman–Crippen LogP) is 2.08. The number of rotatable bonds is 6. The van der Waals surface area contributed by atoms with Gasteiger partial charge in [-0.1, -0.05) is 43.3 Å². The minimum atomic E-state index is -1.18. The Morgan fingerprint density at radius 2 is 1.86 bits per heavy atom. The molecule has 0 spiro atoms. The summed E-state index contributed by atoms with van der Waals surface area (Å²) in [6.07, 6.45) is 2.38. The topological polar surface area (TPSA) is 84.5 Å². The van der Waals surface area contributed by atoms with Crippen LogP contribution in [0.4, 0.5) is 4.79 Å². The minimum absolute atomic E-state index is 0.383. The first kappa shape index (κ1) is 17.4. The van der Waals surface area contributed by atoms with E-state index in [-0.39, 0.29) is 0 Å². The molecule has 0 bridgehead atoms. The first-order valence-corrected chi connectivity index (χ1v) is 7.09. The molecule has 0 fully saturated rings. The molecule has 3 amide bonds. The summed E-state index contributed by atoms with van der Waals surface area (Å²) >= 11 is 0. The van der Waals surface area contributed by atoms with Gasteiger partial charge in [-0.2, -0.15) is 0 Å². The SMILES string of the molecule is CC/C=C/C(=O)O[C@H](C(=O)NC(=O)NCC)c1ccccc1. The number of benzene rings is 1. The van der Waals surface area contributed by atoms with Crippen molar-refractivity contribution in [1.82, 2.24) is 10.6 Å². The van der Waals surface area contributed by atoms with Gasteiger partial charge in [0.1, 0.15) is 0 Å². The van der Waals surface area contributed by atoms with Crippen molar-refractivity contribution in [2.24, 2.45) is 0 Å². The summed E-state index contributed by atoms with van der Waals surface area (Å²) in [5, 5.41) is 4.60. The molecule has 1 aromatic rings. The highest BCUT2D eigenvalue weighted by molar-refractivity contribution is 5.98. The second-order valence-corrected chi connectivity index (χ2v) is 4.39. The zero-order valence-corrected chi connectivity index (χ0v) is 12.7. The van der Waals surface area contributed by atoms with E-state index in [9.17, 15) is 14.4 Å². The zero-order chi connectivity index (χ0) is 16.4. The van der Waals surface area contributed by atoms with Crippen LogP contribution in [-0.2, 0) is 14.3 Å². The van der Waals surface area contributed by atoms with Crippen LogP contribution in [0.15, 0.2) is 42.5 Å². The van der Waals surface area contributed by atoms with Crippen molar-refractivity contribution < 1.29 is 19.1 Å². The number of allylic oxidation sites excluding steroid dienone is 1. The van der Waals surface area contributed by atoms with Crippen molar-refractivity contribution in [3.8, 4) is 0 Å². The van der Waals surface area contributed by atoms with Crippen molar-refractivity contribution >= 4 is 17.9 Å². The Morgan fingerprint density at radius 1 is 1.18 bits per heavy atom. The molecule has 118 valence electrons. The third kappa shape index (κ3) is 5.78. The normalized spacial score (nSPS) is 11.7. The van der Waals surface area contributed by atoms with Gasteiger partial charge in [0.25, 0.3) is 5.91 Å². The molecule has 0 unspecified atom stereocenters. The Kier molecular flexibility index (Phi) is 7.39. The molecule has 0 aliphatic heterocycles. The lowest BCUT2D eigenvalue weighted by Gasteiger charge is -2.16. The van der Waals surface area contributed by atoms with Crippen molar-refractivity contribution in [2.75, 3.05) is 6.54 Å². The Labute approximate surface area is 129 Å². The van der Waals surface area contributed by atoms with Crippen molar-refractivity contribution in [3.05, 3.63) is 48.0 Å². The monoisotopic (exact) mass is 304 g/mol.